The molecular formula is C30H31N7O4. The van der Waals surface area contributed by atoms with Crippen molar-refractivity contribution in [3.05, 3.63) is 99.9 Å². The summed E-state index contributed by atoms with van der Waals surface area (Å²) in [5, 5.41) is 13.7. The van der Waals surface area contributed by atoms with Crippen LogP contribution in [0.5, 0.6) is 17.2 Å². The van der Waals surface area contributed by atoms with Crippen molar-refractivity contribution in [3.8, 4) is 17.2 Å². The van der Waals surface area contributed by atoms with E-state index >= 15 is 0 Å². The highest BCUT2D eigenvalue weighted by atomic mass is 16.6. The van der Waals surface area contributed by atoms with Crippen LogP contribution in [0.3, 0.4) is 0 Å². The summed E-state index contributed by atoms with van der Waals surface area (Å²) in [4.78, 5) is 22.9. The van der Waals surface area contributed by atoms with Crippen molar-refractivity contribution in [3.63, 3.8) is 0 Å². The number of aromatic amines is 1. The number of rotatable bonds is 10. The van der Waals surface area contributed by atoms with Crippen LogP contribution in [0, 0.1) is 0 Å². The maximum atomic E-state index is 13.3. The van der Waals surface area contributed by atoms with Crippen molar-refractivity contribution in [2.24, 2.45) is 0 Å². The third-order valence-electron chi connectivity index (χ3n) is 7.24. The molecule has 0 saturated carbocycles. The van der Waals surface area contributed by atoms with Gasteiger partial charge in [0.25, 0.3) is 5.56 Å². The molecule has 11 heteroatoms. The number of ether oxygens (including phenoxy) is 3. The summed E-state index contributed by atoms with van der Waals surface area (Å²) in [5.74, 6) is 2.84. The van der Waals surface area contributed by atoms with Gasteiger partial charge in [-0.25, -0.2) is 4.68 Å². The number of tetrazole rings is 1. The quantitative estimate of drug-likeness (QED) is 0.275. The molecule has 210 valence electrons. The number of fused-ring (bicyclic) bond motifs is 2. The molecule has 3 aromatic heterocycles. The van der Waals surface area contributed by atoms with Gasteiger partial charge in [-0.3, -0.25) is 14.7 Å². The monoisotopic (exact) mass is 553 g/mol. The largest absolute Gasteiger partial charge is 0.497 e. The number of nitrogens with zero attached hydrogens (tertiary/aromatic N) is 6. The van der Waals surface area contributed by atoms with Gasteiger partial charge in [-0.05, 0) is 58.3 Å². The number of aromatic nitrogens is 6. The molecule has 5 aromatic rings. The van der Waals surface area contributed by atoms with Gasteiger partial charge in [-0.15, -0.1) is 5.10 Å². The second-order valence-electron chi connectivity index (χ2n) is 9.94. The zero-order valence-corrected chi connectivity index (χ0v) is 23.0. The fourth-order valence-electron chi connectivity index (χ4n) is 5.20. The first kappa shape index (κ1) is 26.5. The fourth-order valence-corrected chi connectivity index (χ4v) is 5.20. The molecule has 0 spiro atoms. The summed E-state index contributed by atoms with van der Waals surface area (Å²) in [6.07, 6.45) is 4.32. The van der Waals surface area contributed by atoms with E-state index in [1.54, 1.807) is 13.3 Å². The summed E-state index contributed by atoms with van der Waals surface area (Å²) in [6.45, 7) is 4.52. The normalized spacial score (nSPS) is 13.4. The van der Waals surface area contributed by atoms with E-state index in [1.165, 1.54) is 0 Å². The maximum Gasteiger partial charge on any atom is 0.252 e. The Bertz CT molecular complexity index is 1690. The van der Waals surface area contributed by atoms with Gasteiger partial charge in [0.15, 0.2) is 17.3 Å². The highest BCUT2D eigenvalue weighted by molar-refractivity contribution is 5.83. The van der Waals surface area contributed by atoms with E-state index in [2.05, 4.69) is 37.3 Å². The van der Waals surface area contributed by atoms with Crippen LogP contribution in [-0.4, -0.2) is 55.4 Å². The molecule has 41 heavy (non-hydrogen) atoms. The number of methoxy groups -OCH3 is 1. The Kier molecular flexibility index (Phi) is 7.59. The summed E-state index contributed by atoms with van der Waals surface area (Å²) in [7, 11) is 1.65. The molecule has 6 rings (SSSR count). The average molecular weight is 554 g/mol. The van der Waals surface area contributed by atoms with Crippen LogP contribution >= 0.6 is 0 Å². The second kappa shape index (κ2) is 11.8. The lowest BCUT2D eigenvalue weighted by Crippen LogP contribution is -2.32. The molecule has 1 atom stereocenters. The minimum absolute atomic E-state index is 0.155. The first-order valence-electron chi connectivity index (χ1n) is 13.6. The molecule has 1 N–H and O–H groups in total. The van der Waals surface area contributed by atoms with Gasteiger partial charge >= 0.3 is 0 Å². The lowest BCUT2D eigenvalue weighted by molar-refractivity contribution is 0.161. The Morgan fingerprint density at radius 3 is 2.59 bits per heavy atom. The van der Waals surface area contributed by atoms with Gasteiger partial charge in [0.05, 0.1) is 25.2 Å². The summed E-state index contributed by atoms with van der Waals surface area (Å²) < 4.78 is 18.6. The lowest BCUT2D eigenvalue weighted by Gasteiger charge is -2.30. The first-order chi connectivity index (χ1) is 20.1. The number of hydrogen-bond donors (Lipinski definition) is 1. The van der Waals surface area contributed by atoms with Crippen molar-refractivity contribution in [1.29, 1.82) is 0 Å². The number of benzene rings is 2. The number of pyridine rings is 2. The van der Waals surface area contributed by atoms with E-state index < -0.39 is 0 Å². The van der Waals surface area contributed by atoms with E-state index in [1.807, 2.05) is 65.5 Å². The molecule has 0 saturated heterocycles. The van der Waals surface area contributed by atoms with E-state index in [9.17, 15) is 4.79 Å². The smallest absolute Gasteiger partial charge is 0.252 e. The lowest BCUT2D eigenvalue weighted by atomic mass is 10.1. The van der Waals surface area contributed by atoms with Gasteiger partial charge in [0.1, 0.15) is 19.0 Å². The predicted octanol–water partition coefficient (Wildman–Crippen LogP) is 3.89. The van der Waals surface area contributed by atoms with Crippen molar-refractivity contribution < 1.29 is 14.2 Å². The zero-order chi connectivity index (χ0) is 28.2. The molecule has 11 nitrogen and oxygen atoms in total. The van der Waals surface area contributed by atoms with E-state index in [0.29, 0.717) is 55.4 Å². The Hall–Kier alpha value is -4.77. The Labute approximate surface area is 236 Å². The standard InChI is InChI=1S/C30H31N7O4/c1-3-26(29-33-34-35-37(29)18-20-6-8-24(39-2)9-7-20)36(17-21-5-4-10-31-16-21)19-23-13-22-14-27-28(41-12-11-40-27)15-25(22)32-30(23)38/h4-10,13-16,26H,3,11-12,17-19H2,1-2H3,(H,32,38)/t26-/m1/s1. The van der Waals surface area contributed by atoms with E-state index in [4.69, 9.17) is 14.2 Å². The van der Waals surface area contributed by atoms with E-state index in [-0.39, 0.29) is 11.6 Å². The first-order valence-corrected chi connectivity index (χ1v) is 13.6. The molecule has 2 aromatic carbocycles. The van der Waals surface area contributed by atoms with Crippen LogP contribution < -0.4 is 19.8 Å². The third-order valence-corrected chi connectivity index (χ3v) is 7.24. The molecule has 0 aliphatic carbocycles. The number of H-pyrrole nitrogens is 1. The molecule has 1 aliphatic heterocycles. The second-order valence-corrected chi connectivity index (χ2v) is 9.94. The van der Waals surface area contributed by atoms with Crippen molar-refractivity contribution in [2.75, 3.05) is 20.3 Å². The third kappa shape index (κ3) is 5.75. The maximum absolute atomic E-state index is 13.3. The molecule has 0 bridgehead atoms. The van der Waals surface area contributed by atoms with Crippen molar-refractivity contribution >= 4 is 10.9 Å². The SMILES string of the molecule is CC[C@H](c1nnnn1Cc1ccc(OC)cc1)N(Cc1cccnc1)Cc1cc2cc3c(cc2[nH]c1=O)OCCO3. The molecule has 0 amide bonds. The molecule has 0 fully saturated rings. The molecule has 1 aliphatic rings. The highest BCUT2D eigenvalue weighted by Crippen LogP contribution is 2.34. The Balaban J connectivity index is 1.34. The summed E-state index contributed by atoms with van der Waals surface area (Å²) >= 11 is 0. The topological polar surface area (TPSA) is 120 Å². The minimum atomic E-state index is -0.168. The molecule has 4 heterocycles. The Morgan fingerprint density at radius 1 is 1.05 bits per heavy atom. The molecule has 0 unspecified atom stereocenters. The van der Waals surface area contributed by atoms with Gasteiger partial charge in [-0.2, -0.15) is 0 Å². The molecular weight excluding hydrogens is 522 g/mol. The van der Waals surface area contributed by atoms with Crippen LogP contribution in [0.4, 0.5) is 0 Å². The highest BCUT2D eigenvalue weighted by Gasteiger charge is 2.26. The molecule has 0 radical (unpaired) electrons. The van der Waals surface area contributed by atoms with Gasteiger partial charge in [0.2, 0.25) is 0 Å². The van der Waals surface area contributed by atoms with Crippen LogP contribution in [-0.2, 0) is 19.6 Å². The Morgan fingerprint density at radius 2 is 1.85 bits per heavy atom. The number of nitrogens with one attached hydrogen (secondary N) is 1. The van der Waals surface area contributed by atoms with Crippen LogP contribution in [0.2, 0.25) is 0 Å². The van der Waals surface area contributed by atoms with Crippen molar-refractivity contribution in [1.82, 2.24) is 35.1 Å². The van der Waals surface area contributed by atoms with Crippen LogP contribution in [0.1, 0.15) is 41.9 Å². The number of hydrogen-bond acceptors (Lipinski definition) is 9. The summed E-state index contributed by atoms with van der Waals surface area (Å²) in [6, 6.07) is 17.3. The zero-order valence-electron chi connectivity index (χ0n) is 23.0. The minimum Gasteiger partial charge on any atom is -0.497 e. The van der Waals surface area contributed by atoms with Gasteiger partial charge in [-0.1, -0.05) is 25.1 Å². The summed E-state index contributed by atoms with van der Waals surface area (Å²) in [5.41, 5.74) is 3.26. The average Bonchev–Trinajstić information content (AvgIpc) is 3.45. The van der Waals surface area contributed by atoms with Crippen molar-refractivity contribution in [2.45, 2.75) is 39.0 Å². The fraction of sp³-hybridized carbons (Fsp3) is 0.300. The predicted molar refractivity (Wildman–Crippen MR) is 152 cm³/mol. The van der Waals surface area contributed by atoms with Gasteiger partial charge < -0.3 is 19.2 Å². The van der Waals surface area contributed by atoms with Gasteiger partial charge in [0, 0.05) is 42.5 Å². The van der Waals surface area contributed by atoms with Crippen LogP contribution in [0.15, 0.2) is 71.8 Å². The van der Waals surface area contributed by atoms with E-state index in [0.717, 1.165) is 34.5 Å². The van der Waals surface area contributed by atoms with Crippen LogP contribution in [0.25, 0.3) is 10.9 Å².